The van der Waals surface area contributed by atoms with Crippen molar-refractivity contribution < 1.29 is 0 Å². The van der Waals surface area contributed by atoms with Crippen LogP contribution in [0.4, 0.5) is 0 Å². The van der Waals surface area contributed by atoms with Crippen LogP contribution < -0.4 is 0 Å². The minimum Gasteiger partial charge on any atom is -0.0616 e. The molecule has 0 nitrogen and oxygen atoms in total. The molecule has 0 fully saturated rings. The monoisotopic (exact) mass is 744 g/mol. The van der Waals surface area contributed by atoms with Crippen LogP contribution >= 0.6 is 0 Å². The Bertz CT molecular complexity index is 2670. The molecule has 0 heteroatoms. The molecule has 0 aliphatic rings. The van der Waals surface area contributed by atoms with Gasteiger partial charge in [-0.05, 0) is 117 Å². The van der Waals surface area contributed by atoms with Crippen LogP contribution in [0, 0.1) is 27.7 Å². The van der Waals surface area contributed by atoms with Crippen molar-refractivity contribution in [1.82, 2.24) is 0 Å². The van der Waals surface area contributed by atoms with Crippen molar-refractivity contribution in [1.29, 1.82) is 0 Å². The molecule has 0 aliphatic heterocycles. The van der Waals surface area contributed by atoms with Gasteiger partial charge >= 0.3 is 0 Å². The first-order valence-electron chi connectivity index (χ1n) is 20.1. The average molecular weight is 745 g/mol. The number of benzene rings is 8. The Balaban J connectivity index is 1.06. The molecule has 0 saturated carbocycles. The van der Waals surface area contributed by atoms with Gasteiger partial charge in [-0.3, -0.25) is 0 Å². The number of hydrogen-bond acceptors (Lipinski definition) is 0. The van der Waals surface area contributed by atoms with Gasteiger partial charge in [-0.2, -0.15) is 0 Å². The van der Waals surface area contributed by atoms with Gasteiger partial charge in [0.1, 0.15) is 0 Å². The van der Waals surface area contributed by atoms with Crippen LogP contribution in [-0.4, -0.2) is 0 Å². The van der Waals surface area contributed by atoms with Crippen LogP contribution in [0.1, 0.15) is 77.9 Å². The van der Waals surface area contributed by atoms with Gasteiger partial charge in [0.15, 0.2) is 0 Å². The van der Waals surface area contributed by atoms with Crippen molar-refractivity contribution in [2.75, 3.05) is 0 Å². The van der Waals surface area contributed by atoms with E-state index in [2.05, 4.69) is 246 Å². The van der Waals surface area contributed by atoms with E-state index in [-0.39, 0.29) is 0 Å². The van der Waals surface area contributed by atoms with Crippen LogP contribution in [-0.2, 0) is 0 Å². The second-order valence-electron chi connectivity index (χ2n) is 15.4. The summed E-state index contributed by atoms with van der Waals surface area (Å²) in [5.41, 5.74) is 19.4. The van der Waals surface area contributed by atoms with Gasteiger partial charge < -0.3 is 0 Å². The highest BCUT2D eigenvalue weighted by Crippen LogP contribution is 2.30. The van der Waals surface area contributed by atoms with E-state index >= 15 is 0 Å². The zero-order chi connectivity index (χ0) is 39.8. The highest BCUT2D eigenvalue weighted by Gasteiger charge is 2.09. The summed E-state index contributed by atoms with van der Waals surface area (Å²) >= 11 is 0. The van der Waals surface area contributed by atoms with Crippen LogP contribution in [0.2, 0.25) is 0 Å². The first kappa shape index (κ1) is 37.9. The quantitative estimate of drug-likeness (QED) is 0.122. The Hall–Kier alpha value is -7.02. The Morgan fingerprint density at radius 1 is 0.310 bits per heavy atom. The Labute approximate surface area is 344 Å². The molecule has 58 heavy (non-hydrogen) atoms. The molecule has 0 atom stereocenters. The van der Waals surface area contributed by atoms with Gasteiger partial charge in [0.2, 0.25) is 0 Å². The van der Waals surface area contributed by atoms with E-state index in [1.807, 2.05) is 0 Å². The summed E-state index contributed by atoms with van der Waals surface area (Å²) in [5, 5.41) is 2.47. The summed E-state index contributed by atoms with van der Waals surface area (Å²) in [4.78, 5) is 0. The maximum atomic E-state index is 2.30. The summed E-state index contributed by atoms with van der Waals surface area (Å²) in [6.07, 6.45) is 13.6. The van der Waals surface area contributed by atoms with Crippen molar-refractivity contribution >= 4 is 58.4 Å². The largest absolute Gasteiger partial charge is 0.0616 e. The predicted molar refractivity (Wildman–Crippen MR) is 253 cm³/mol. The zero-order valence-corrected chi connectivity index (χ0v) is 33.8. The molecule has 0 unspecified atom stereocenters. The van der Waals surface area contributed by atoms with Crippen molar-refractivity contribution in [2.45, 2.75) is 27.7 Å². The lowest BCUT2D eigenvalue weighted by Gasteiger charge is -2.11. The maximum Gasteiger partial charge on any atom is -0.0105 e. The van der Waals surface area contributed by atoms with Crippen LogP contribution in [0.3, 0.4) is 0 Å². The summed E-state index contributed by atoms with van der Waals surface area (Å²) in [5.74, 6) is 0. The Morgan fingerprint density at radius 3 is 1.09 bits per heavy atom. The van der Waals surface area contributed by atoms with Gasteiger partial charge in [-0.25, -0.2) is 0 Å². The molecular formula is C58H48. The molecule has 0 radical (unpaired) electrons. The van der Waals surface area contributed by atoms with Crippen molar-refractivity contribution in [3.8, 4) is 0 Å². The fourth-order valence-electron chi connectivity index (χ4n) is 7.35. The van der Waals surface area contributed by atoms with E-state index in [1.54, 1.807) is 0 Å². The van der Waals surface area contributed by atoms with E-state index in [9.17, 15) is 0 Å². The normalized spacial score (nSPS) is 11.3. The van der Waals surface area contributed by atoms with Crippen LogP contribution in [0.5, 0.6) is 0 Å². The molecule has 0 heterocycles. The first-order valence-corrected chi connectivity index (χ1v) is 20.1. The molecule has 280 valence electrons. The summed E-state index contributed by atoms with van der Waals surface area (Å²) in [7, 11) is 0. The molecule has 8 rings (SSSR count). The number of rotatable bonds is 10. The third-order valence-electron chi connectivity index (χ3n) is 10.8. The lowest BCUT2D eigenvalue weighted by molar-refractivity contribution is 1.43. The Kier molecular flexibility index (Phi) is 11.4. The molecule has 0 amide bonds. The van der Waals surface area contributed by atoms with Gasteiger partial charge in [-0.1, -0.05) is 229 Å². The lowest BCUT2D eigenvalue weighted by Crippen LogP contribution is -1.89. The van der Waals surface area contributed by atoms with Crippen molar-refractivity contribution in [2.24, 2.45) is 0 Å². The molecule has 0 saturated heterocycles. The minimum absolute atomic E-state index is 1.16. The fraction of sp³-hybridized carbons (Fsp3) is 0.0690. The first-order chi connectivity index (χ1) is 28.3. The van der Waals surface area contributed by atoms with E-state index in [0.717, 1.165) is 11.1 Å². The highest BCUT2D eigenvalue weighted by molar-refractivity contribution is 5.98. The summed E-state index contributed by atoms with van der Waals surface area (Å²) in [6.45, 7) is 8.54. The van der Waals surface area contributed by atoms with Gasteiger partial charge in [0.05, 0.1) is 0 Å². The van der Waals surface area contributed by atoms with E-state index in [4.69, 9.17) is 0 Å². The van der Waals surface area contributed by atoms with E-state index in [0.29, 0.717) is 0 Å². The van der Waals surface area contributed by atoms with Crippen molar-refractivity contribution in [3.63, 3.8) is 0 Å². The summed E-state index contributed by atoms with van der Waals surface area (Å²) in [6, 6.07) is 66.0. The number of aryl methyl sites for hydroxylation is 4. The van der Waals surface area contributed by atoms with E-state index in [1.165, 1.54) is 88.7 Å². The minimum atomic E-state index is 1.16. The second kappa shape index (κ2) is 17.4. The third kappa shape index (κ3) is 9.15. The predicted octanol–water partition coefficient (Wildman–Crippen LogP) is 15.6. The maximum absolute atomic E-state index is 2.30. The lowest BCUT2D eigenvalue weighted by atomic mass is 9.94. The molecule has 0 spiro atoms. The molecular weight excluding hydrogens is 697 g/mol. The smallest absolute Gasteiger partial charge is 0.0105 e. The van der Waals surface area contributed by atoms with Crippen LogP contribution in [0.15, 0.2) is 182 Å². The standard InChI is InChI=1S/C58H48/c1-41-9-27-51(28-10-41)57(52-29-11-42(2)12-30-52)39-47-21-17-45(18-22-47)25-35-50-37-36-49-7-5-6-8-55(49)56(50)38-26-46-19-23-48(24-20-46)40-58(53-31-13-43(3)14-32-53)54-33-15-44(4)16-34-54/h5-40H,1-4H3. The molecule has 0 N–H and O–H groups in total. The van der Waals surface area contributed by atoms with Gasteiger partial charge in [0.25, 0.3) is 0 Å². The molecule has 0 aliphatic carbocycles. The molecule has 8 aromatic rings. The SMILES string of the molecule is Cc1ccc(C(=Cc2ccc(C=Cc3ccc4ccccc4c3C=Cc3ccc(C=C(c4ccc(C)cc4)c4ccc(C)cc4)cc3)cc2)c2ccc(C)cc2)cc1. The van der Waals surface area contributed by atoms with Crippen LogP contribution in [0.25, 0.3) is 58.4 Å². The molecule has 0 bridgehead atoms. The average Bonchev–Trinajstić information content (AvgIpc) is 3.25. The van der Waals surface area contributed by atoms with Gasteiger partial charge in [0, 0.05) is 0 Å². The fourth-order valence-corrected chi connectivity index (χ4v) is 7.35. The summed E-state index contributed by atoms with van der Waals surface area (Å²) < 4.78 is 0. The van der Waals surface area contributed by atoms with E-state index < -0.39 is 0 Å². The third-order valence-corrected chi connectivity index (χ3v) is 10.8. The molecule has 0 aromatic heterocycles. The zero-order valence-electron chi connectivity index (χ0n) is 33.8. The highest BCUT2D eigenvalue weighted by atomic mass is 14.1. The second-order valence-corrected chi connectivity index (χ2v) is 15.4. The number of hydrogen-bond donors (Lipinski definition) is 0. The number of fused-ring (bicyclic) bond motifs is 1. The van der Waals surface area contributed by atoms with Gasteiger partial charge in [-0.15, -0.1) is 0 Å². The topological polar surface area (TPSA) is 0 Å². The van der Waals surface area contributed by atoms with Crippen molar-refractivity contribution in [3.05, 3.63) is 260 Å². The Morgan fingerprint density at radius 2 is 0.672 bits per heavy atom. The molecule has 8 aromatic carbocycles.